The summed E-state index contributed by atoms with van der Waals surface area (Å²) in [7, 11) is 0. The van der Waals surface area contributed by atoms with E-state index in [1.165, 1.54) is 0 Å². The van der Waals surface area contributed by atoms with Crippen LogP contribution in [0.2, 0.25) is 0 Å². The van der Waals surface area contributed by atoms with E-state index in [9.17, 15) is 14.4 Å². The SMILES string of the molecule is C[C@]1(c2cccc(C#N)c2)NC(=O)N(CC(=O)N2CCCCCC2)C1=O. The van der Waals surface area contributed by atoms with Crippen LogP contribution in [-0.2, 0) is 15.1 Å². The fourth-order valence-corrected chi connectivity index (χ4v) is 3.49. The Hall–Kier alpha value is -2.88. The number of nitrogens with zero attached hydrogens (tertiary/aromatic N) is 3. The summed E-state index contributed by atoms with van der Waals surface area (Å²) in [6.07, 6.45) is 4.09. The van der Waals surface area contributed by atoms with Crippen LogP contribution in [0.5, 0.6) is 0 Å². The Bertz CT molecular complexity index is 777. The smallest absolute Gasteiger partial charge is 0.325 e. The zero-order valence-corrected chi connectivity index (χ0v) is 14.8. The fraction of sp³-hybridized carbons (Fsp3) is 0.474. The molecule has 2 heterocycles. The summed E-state index contributed by atoms with van der Waals surface area (Å²) in [4.78, 5) is 40.6. The van der Waals surface area contributed by atoms with Crippen LogP contribution in [0.4, 0.5) is 4.79 Å². The maximum Gasteiger partial charge on any atom is 0.325 e. The van der Waals surface area contributed by atoms with Gasteiger partial charge in [0.2, 0.25) is 5.91 Å². The van der Waals surface area contributed by atoms with Gasteiger partial charge in [-0.1, -0.05) is 25.0 Å². The molecule has 3 rings (SSSR count). The van der Waals surface area contributed by atoms with E-state index in [0.29, 0.717) is 24.2 Å². The molecule has 1 aromatic rings. The van der Waals surface area contributed by atoms with Crippen molar-refractivity contribution in [1.82, 2.24) is 15.1 Å². The highest BCUT2D eigenvalue weighted by atomic mass is 16.2. The largest absolute Gasteiger partial charge is 0.341 e. The minimum absolute atomic E-state index is 0.203. The molecule has 0 spiro atoms. The van der Waals surface area contributed by atoms with Crippen molar-refractivity contribution in [2.75, 3.05) is 19.6 Å². The number of hydrogen-bond donors (Lipinski definition) is 1. The number of hydrogen-bond acceptors (Lipinski definition) is 4. The van der Waals surface area contributed by atoms with Gasteiger partial charge >= 0.3 is 6.03 Å². The number of likely N-dealkylation sites (tertiary alicyclic amines) is 1. The van der Waals surface area contributed by atoms with E-state index in [0.717, 1.165) is 30.6 Å². The van der Waals surface area contributed by atoms with Crippen LogP contribution in [0.1, 0.15) is 43.7 Å². The number of benzene rings is 1. The molecular formula is C19H22N4O3. The Balaban J connectivity index is 1.78. The van der Waals surface area contributed by atoms with Gasteiger partial charge in [0, 0.05) is 13.1 Å². The molecule has 7 heteroatoms. The lowest BCUT2D eigenvalue weighted by molar-refractivity contribution is -0.138. The first-order valence-electron chi connectivity index (χ1n) is 8.88. The van der Waals surface area contributed by atoms with Gasteiger partial charge in [0.25, 0.3) is 5.91 Å². The summed E-state index contributed by atoms with van der Waals surface area (Å²) in [6, 6.07) is 8.03. The van der Waals surface area contributed by atoms with Crippen LogP contribution >= 0.6 is 0 Å². The zero-order valence-electron chi connectivity index (χ0n) is 14.8. The monoisotopic (exact) mass is 354 g/mol. The Morgan fingerprint density at radius 1 is 1.23 bits per heavy atom. The lowest BCUT2D eigenvalue weighted by atomic mass is 9.91. The average molecular weight is 354 g/mol. The summed E-state index contributed by atoms with van der Waals surface area (Å²) in [5.74, 6) is -0.675. The molecule has 2 aliphatic heterocycles. The summed E-state index contributed by atoms with van der Waals surface area (Å²) < 4.78 is 0. The Morgan fingerprint density at radius 3 is 2.58 bits per heavy atom. The molecule has 0 unspecified atom stereocenters. The molecule has 0 bridgehead atoms. The van der Waals surface area contributed by atoms with Crippen LogP contribution in [0.3, 0.4) is 0 Å². The van der Waals surface area contributed by atoms with Gasteiger partial charge in [-0.25, -0.2) is 4.79 Å². The Morgan fingerprint density at radius 2 is 1.92 bits per heavy atom. The number of nitrogens with one attached hydrogen (secondary N) is 1. The molecule has 0 saturated carbocycles. The van der Waals surface area contributed by atoms with E-state index in [2.05, 4.69) is 5.32 Å². The van der Waals surface area contributed by atoms with Gasteiger partial charge in [0.05, 0.1) is 11.6 Å². The topological polar surface area (TPSA) is 93.5 Å². The van der Waals surface area contributed by atoms with Gasteiger partial charge in [-0.2, -0.15) is 5.26 Å². The van der Waals surface area contributed by atoms with Crippen molar-refractivity contribution in [3.05, 3.63) is 35.4 Å². The van der Waals surface area contributed by atoms with E-state index in [-0.39, 0.29) is 12.5 Å². The molecule has 1 atom stereocenters. The van der Waals surface area contributed by atoms with Gasteiger partial charge in [0.15, 0.2) is 0 Å². The molecule has 1 aromatic carbocycles. The molecule has 26 heavy (non-hydrogen) atoms. The lowest BCUT2D eigenvalue weighted by Gasteiger charge is -2.24. The quantitative estimate of drug-likeness (QED) is 0.837. The Kier molecular flexibility index (Phi) is 4.94. The molecular weight excluding hydrogens is 332 g/mol. The maximum absolute atomic E-state index is 12.9. The van der Waals surface area contributed by atoms with E-state index < -0.39 is 17.5 Å². The summed E-state index contributed by atoms with van der Waals surface area (Å²) >= 11 is 0. The standard InChI is InChI=1S/C19H22N4O3/c1-19(15-8-6-7-14(11-15)12-20)17(25)23(18(26)21-19)13-16(24)22-9-4-2-3-5-10-22/h6-8,11H,2-5,9-10,13H2,1H3,(H,21,26)/t19-/m1/s1. The molecule has 0 radical (unpaired) electrons. The van der Waals surface area contributed by atoms with E-state index in [4.69, 9.17) is 5.26 Å². The second-order valence-corrected chi connectivity index (χ2v) is 6.93. The second kappa shape index (κ2) is 7.16. The molecule has 2 saturated heterocycles. The van der Waals surface area contributed by atoms with Crippen molar-refractivity contribution in [3.8, 4) is 6.07 Å². The molecule has 0 aliphatic carbocycles. The molecule has 1 N–H and O–H groups in total. The lowest BCUT2D eigenvalue weighted by Crippen LogP contribution is -2.44. The number of nitriles is 1. The predicted octanol–water partition coefficient (Wildman–Crippen LogP) is 1.73. The molecule has 2 fully saturated rings. The van der Waals surface area contributed by atoms with Gasteiger partial charge in [-0.15, -0.1) is 0 Å². The highest BCUT2D eigenvalue weighted by Gasteiger charge is 2.49. The first-order chi connectivity index (χ1) is 12.5. The summed E-state index contributed by atoms with van der Waals surface area (Å²) in [6.45, 7) is 2.69. The summed E-state index contributed by atoms with van der Waals surface area (Å²) in [5, 5.41) is 11.7. The van der Waals surface area contributed by atoms with E-state index in [1.807, 2.05) is 6.07 Å². The third kappa shape index (κ3) is 3.27. The van der Waals surface area contributed by atoms with Crippen LogP contribution in [0.15, 0.2) is 24.3 Å². The van der Waals surface area contributed by atoms with E-state index >= 15 is 0 Å². The first kappa shape index (κ1) is 17.9. The minimum atomic E-state index is -1.27. The van der Waals surface area contributed by atoms with Crippen LogP contribution in [0, 0.1) is 11.3 Å². The molecule has 7 nitrogen and oxygen atoms in total. The zero-order chi connectivity index (χ0) is 18.7. The number of urea groups is 1. The number of rotatable bonds is 3. The molecule has 4 amide bonds. The first-order valence-corrected chi connectivity index (χ1v) is 8.88. The molecule has 0 aromatic heterocycles. The number of amides is 4. The predicted molar refractivity (Wildman–Crippen MR) is 93.8 cm³/mol. The van der Waals surface area contributed by atoms with E-state index in [1.54, 1.807) is 36.1 Å². The number of imide groups is 1. The van der Waals surface area contributed by atoms with Crippen molar-refractivity contribution >= 4 is 17.8 Å². The third-order valence-electron chi connectivity index (χ3n) is 5.10. The second-order valence-electron chi connectivity index (χ2n) is 6.93. The van der Waals surface area contributed by atoms with Crippen molar-refractivity contribution in [2.24, 2.45) is 0 Å². The minimum Gasteiger partial charge on any atom is -0.341 e. The maximum atomic E-state index is 12.9. The normalized spacial score (nSPS) is 23.4. The number of carbonyl (C=O) groups is 3. The molecule has 136 valence electrons. The van der Waals surface area contributed by atoms with Gasteiger partial charge in [-0.3, -0.25) is 14.5 Å². The number of carbonyl (C=O) groups excluding carboxylic acids is 3. The van der Waals surface area contributed by atoms with Crippen LogP contribution in [0.25, 0.3) is 0 Å². The van der Waals surface area contributed by atoms with Crippen LogP contribution < -0.4 is 5.32 Å². The van der Waals surface area contributed by atoms with Crippen molar-refractivity contribution in [1.29, 1.82) is 5.26 Å². The van der Waals surface area contributed by atoms with Crippen molar-refractivity contribution < 1.29 is 14.4 Å². The highest BCUT2D eigenvalue weighted by molar-refractivity contribution is 6.09. The third-order valence-corrected chi connectivity index (χ3v) is 5.10. The van der Waals surface area contributed by atoms with Gasteiger partial charge < -0.3 is 10.2 Å². The van der Waals surface area contributed by atoms with Gasteiger partial charge in [0.1, 0.15) is 12.1 Å². The van der Waals surface area contributed by atoms with Crippen LogP contribution in [-0.4, -0.2) is 47.3 Å². The average Bonchev–Trinajstić information content (AvgIpc) is 2.86. The van der Waals surface area contributed by atoms with Gasteiger partial charge in [-0.05, 0) is 37.5 Å². The van der Waals surface area contributed by atoms with Crippen molar-refractivity contribution in [2.45, 2.75) is 38.1 Å². The fourth-order valence-electron chi connectivity index (χ4n) is 3.49. The van der Waals surface area contributed by atoms with Crippen molar-refractivity contribution in [3.63, 3.8) is 0 Å². The molecule has 2 aliphatic rings. The Labute approximate surface area is 152 Å². The highest BCUT2D eigenvalue weighted by Crippen LogP contribution is 2.29. The summed E-state index contributed by atoms with van der Waals surface area (Å²) in [5.41, 5.74) is -0.340.